The van der Waals surface area contributed by atoms with Gasteiger partial charge in [-0.05, 0) is 12.3 Å². The first kappa shape index (κ1) is 9.23. The Kier molecular flexibility index (Phi) is 3.79. The average molecular weight is 146 g/mol. The van der Waals surface area contributed by atoms with Crippen LogP contribution in [0.15, 0.2) is 0 Å². The minimum atomic E-state index is -0.791. The molecule has 0 unspecified atom stereocenters. The summed E-state index contributed by atoms with van der Waals surface area (Å²) < 4.78 is 0. The minimum Gasteiger partial charge on any atom is -0.350 e. The molecule has 0 saturated heterocycles. The molecular formula is C6H14N2O2. The highest BCUT2D eigenvalue weighted by molar-refractivity contribution is 5.70. The second-order valence-corrected chi connectivity index (χ2v) is 2.64. The van der Waals surface area contributed by atoms with Crippen LogP contribution in [0.2, 0.25) is 0 Å². The van der Waals surface area contributed by atoms with Gasteiger partial charge in [-0.3, -0.25) is 5.21 Å². The molecule has 0 rings (SSSR count). The van der Waals surface area contributed by atoms with Gasteiger partial charge in [-0.2, -0.15) is 0 Å². The summed E-state index contributed by atoms with van der Waals surface area (Å²) in [5, 5.41) is 9.26. The second kappa shape index (κ2) is 4.11. The molecule has 0 fully saturated rings. The van der Waals surface area contributed by atoms with Gasteiger partial charge in [-0.15, -0.1) is 0 Å². The third-order valence-corrected chi connectivity index (χ3v) is 1.17. The summed E-state index contributed by atoms with van der Waals surface area (Å²) in [7, 11) is 0. The Labute approximate surface area is 60.6 Å². The van der Waals surface area contributed by atoms with Crippen molar-refractivity contribution in [1.82, 2.24) is 5.06 Å². The normalized spacial score (nSPS) is 10.0. The highest BCUT2D eigenvalue weighted by atomic mass is 16.5. The summed E-state index contributed by atoms with van der Waals surface area (Å²) >= 11 is 0. The summed E-state index contributed by atoms with van der Waals surface area (Å²) in [6.45, 7) is 4.33. The van der Waals surface area contributed by atoms with Crippen LogP contribution in [0, 0.1) is 5.92 Å². The molecule has 0 spiro atoms. The van der Waals surface area contributed by atoms with Crippen molar-refractivity contribution in [3.63, 3.8) is 0 Å². The molecule has 0 aliphatic heterocycles. The lowest BCUT2D eigenvalue weighted by atomic mass is 10.1. The van der Waals surface area contributed by atoms with Gasteiger partial charge in [0.05, 0.1) is 6.54 Å². The van der Waals surface area contributed by atoms with Gasteiger partial charge in [0.1, 0.15) is 0 Å². The SMILES string of the molecule is CC(C)CCN(O)C(N)=O. The number of hydroxylamine groups is 2. The molecule has 0 aromatic heterocycles. The van der Waals surface area contributed by atoms with E-state index in [1.165, 1.54) is 0 Å². The zero-order valence-electron chi connectivity index (χ0n) is 6.37. The smallest absolute Gasteiger partial charge is 0.338 e. The molecule has 2 amide bonds. The number of amides is 2. The van der Waals surface area contributed by atoms with E-state index < -0.39 is 6.03 Å². The number of urea groups is 1. The van der Waals surface area contributed by atoms with E-state index in [1.807, 2.05) is 13.8 Å². The molecule has 0 aromatic carbocycles. The molecule has 60 valence electrons. The Balaban J connectivity index is 3.40. The standard InChI is InChI=1S/C6H14N2O2/c1-5(2)3-4-8(10)6(7)9/h5,10H,3-4H2,1-2H3,(H2,7,9). The van der Waals surface area contributed by atoms with Crippen molar-refractivity contribution in [3.8, 4) is 0 Å². The molecule has 0 saturated carbocycles. The maximum atomic E-state index is 10.2. The van der Waals surface area contributed by atoms with Gasteiger partial charge in [0.25, 0.3) is 0 Å². The maximum absolute atomic E-state index is 10.2. The second-order valence-electron chi connectivity index (χ2n) is 2.64. The molecule has 10 heavy (non-hydrogen) atoms. The number of carbonyl (C=O) groups is 1. The van der Waals surface area contributed by atoms with Crippen molar-refractivity contribution in [2.75, 3.05) is 6.54 Å². The van der Waals surface area contributed by atoms with E-state index in [9.17, 15) is 4.79 Å². The zero-order valence-corrected chi connectivity index (χ0v) is 6.37. The molecule has 0 radical (unpaired) electrons. The van der Waals surface area contributed by atoms with Crippen LogP contribution in [0.1, 0.15) is 20.3 Å². The largest absolute Gasteiger partial charge is 0.350 e. The predicted molar refractivity (Wildman–Crippen MR) is 37.5 cm³/mol. The van der Waals surface area contributed by atoms with Crippen LogP contribution in [0.25, 0.3) is 0 Å². The molecule has 3 N–H and O–H groups in total. The first-order valence-corrected chi connectivity index (χ1v) is 3.30. The number of nitrogens with zero attached hydrogens (tertiary/aromatic N) is 1. The lowest BCUT2D eigenvalue weighted by Gasteiger charge is -2.12. The van der Waals surface area contributed by atoms with Crippen LogP contribution in [-0.4, -0.2) is 22.8 Å². The quantitative estimate of drug-likeness (QED) is 0.457. The Morgan fingerprint density at radius 3 is 2.50 bits per heavy atom. The zero-order chi connectivity index (χ0) is 8.15. The lowest BCUT2D eigenvalue weighted by Crippen LogP contribution is -2.33. The van der Waals surface area contributed by atoms with Crippen LogP contribution in [0.3, 0.4) is 0 Å². The number of primary amides is 1. The third kappa shape index (κ3) is 4.14. The Morgan fingerprint density at radius 1 is 1.70 bits per heavy atom. The maximum Gasteiger partial charge on any atom is 0.338 e. The summed E-state index contributed by atoms with van der Waals surface area (Å²) in [5.74, 6) is 0.467. The van der Waals surface area contributed by atoms with E-state index in [2.05, 4.69) is 0 Å². The number of rotatable bonds is 3. The van der Waals surface area contributed by atoms with Gasteiger partial charge in [0.15, 0.2) is 0 Å². The molecule has 0 aliphatic rings. The number of hydrogen-bond acceptors (Lipinski definition) is 2. The summed E-state index contributed by atoms with van der Waals surface area (Å²) in [4.78, 5) is 10.2. The van der Waals surface area contributed by atoms with Gasteiger partial charge >= 0.3 is 6.03 Å². The Hall–Kier alpha value is -0.770. The topological polar surface area (TPSA) is 66.6 Å². The first-order valence-electron chi connectivity index (χ1n) is 3.30. The molecule has 0 aromatic rings. The van der Waals surface area contributed by atoms with Crippen LogP contribution in [0.5, 0.6) is 0 Å². The Morgan fingerprint density at radius 2 is 2.20 bits per heavy atom. The van der Waals surface area contributed by atoms with Gasteiger partial charge in [-0.25, -0.2) is 9.86 Å². The van der Waals surface area contributed by atoms with Crippen LogP contribution >= 0.6 is 0 Å². The van der Waals surface area contributed by atoms with Gasteiger partial charge in [-0.1, -0.05) is 13.8 Å². The van der Waals surface area contributed by atoms with E-state index in [1.54, 1.807) is 0 Å². The van der Waals surface area contributed by atoms with Crippen molar-refractivity contribution in [1.29, 1.82) is 0 Å². The molecule has 0 aliphatic carbocycles. The van der Waals surface area contributed by atoms with Gasteiger partial charge in [0.2, 0.25) is 0 Å². The number of hydrogen-bond donors (Lipinski definition) is 2. The number of carbonyl (C=O) groups excluding carboxylic acids is 1. The van der Waals surface area contributed by atoms with E-state index in [0.29, 0.717) is 17.5 Å². The molecule has 4 nitrogen and oxygen atoms in total. The van der Waals surface area contributed by atoms with Crippen molar-refractivity contribution in [3.05, 3.63) is 0 Å². The Bertz CT molecular complexity index is 114. The van der Waals surface area contributed by atoms with E-state index in [0.717, 1.165) is 6.42 Å². The van der Waals surface area contributed by atoms with E-state index >= 15 is 0 Å². The van der Waals surface area contributed by atoms with E-state index in [4.69, 9.17) is 10.9 Å². The van der Waals surface area contributed by atoms with Crippen LogP contribution in [-0.2, 0) is 0 Å². The van der Waals surface area contributed by atoms with Gasteiger partial charge < -0.3 is 5.73 Å². The summed E-state index contributed by atoms with van der Waals surface area (Å²) in [6, 6.07) is -0.791. The summed E-state index contributed by atoms with van der Waals surface area (Å²) in [5.41, 5.74) is 4.76. The highest BCUT2D eigenvalue weighted by Gasteiger charge is 2.04. The lowest BCUT2D eigenvalue weighted by molar-refractivity contribution is -0.0420. The van der Waals surface area contributed by atoms with Crippen molar-refractivity contribution < 1.29 is 10.0 Å². The van der Waals surface area contributed by atoms with Crippen LogP contribution in [0.4, 0.5) is 4.79 Å². The molecule has 0 bridgehead atoms. The van der Waals surface area contributed by atoms with Crippen LogP contribution < -0.4 is 5.73 Å². The van der Waals surface area contributed by atoms with Crippen molar-refractivity contribution >= 4 is 6.03 Å². The van der Waals surface area contributed by atoms with E-state index in [-0.39, 0.29) is 0 Å². The molecular weight excluding hydrogens is 132 g/mol. The molecule has 4 heteroatoms. The monoisotopic (exact) mass is 146 g/mol. The first-order chi connectivity index (χ1) is 4.54. The fourth-order valence-corrected chi connectivity index (χ4v) is 0.491. The predicted octanol–water partition coefficient (Wildman–Crippen LogP) is 0.802. The average Bonchev–Trinajstić information content (AvgIpc) is 1.82. The molecule has 0 heterocycles. The number of nitrogens with two attached hydrogens (primary N) is 1. The minimum absolute atomic E-state index is 0.312. The fraction of sp³-hybridized carbons (Fsp3) is 0.833. The van der Waals surface area contributed by atoms with Gasteiger partial charge in [0, 0.05) is 0 Å². The third-order valence-electron chi connectivity index (χ3n) is 1.17. The summed E-state index contributed by atoms with van der Waals surface area (Å²) in [6.07, 6.45) is 0.763. The van der Waals surface area contributed by atoms with Crippen molar-refractivity contribution in [2.45, 2.75) is 20.3 Å². The van der Waals surface area contributed by atoms with Crippen molar-refractivity contribution in [2.24, 2.45) is 11.7 Å². The highest BCUT2D eigenvalue weighted by Crippen LogP contribution is 1.99. The molecule has 0 atom stereocenters. The fourth-order valence-electron chi connectivity index (χ4n) is 0.491.